The molecule has 1 unspecified atom stereocenters. The first kappa shape index (κ1) is 13.5. The zero-order chi connectivity index (χ0) is 14.2. The number of aromatic nitrogens is 1. The second-order valence-corrected chi connectivity index (χ2v) is 7.11. The van der Waals surface area contributed by atoms with Crippen LogP contribution in [0.3, 0.4) is 0 Å². The van der Waals surface area contributed by atoms with E-state index in [9.17, 15) is 0 Å². The third-order valence-corrected chi connectivity index (χ3v) is 5.48. The molecule has 4 nitrogen and oxygen atoms in total. The number of nitrogens with zero attached hydrogens (tertiary/aromatic N) is 2. The first-order chi connectivity index (χ1) is 10.3. The van der Waals surface area contributed by atoms with Crippen LogP contribution < -0.4 is 10.1 Å². The van der Waals surface area contributed by atoms with Crippen molar-refractivity contribution in [2.75, 3.05) is 20.2 Å². The molecule has 2 aromatic rings. The second-order valence-electron chi connectivity index (χ2n) is 5.99. The number of rotatable bonds is 5. The smallest absolute Gasteiger partial charge is 0.120 e. The van der Waals surface area contributed by atoms with Crippen LogP contribution in [0, 0.1) is 0 Å². The molecule has 5 heteroatoms. The number of fused-ring (bicyclic) bond motifs is 1. The van der Waals surface area contributed by atoms with Crippen molar-refractivity contribution >= 4 is 21.6 Å². The normalized spacial score (nSPS) is 22.3. The molecule has 1 aliphatic carbocycles. The molecule has 1 saturated heterocycles. The molecule has 2 aliphatic rings. The van der Waals surface area contributed by atoms with Crippen LogP contribution in [0.25, 0.3) is 10.2 Å². The zero-order valence-electron chi connectivity index (χ0n) is 12.3. The average Bonchev–Trinajstić information content (AvgIpc) is 3.04. The van der Waals surface area contributed by atoms with Crippen LogP contribution in [-0.2, 0) is 6.54 Å². The number of ether oxygens (including phenoxy) is 1. The van der Waals surface area contributed by atoms with E-state index in [1.54, 1.807) is 18.4 Å². The lowest BCUT2D eigenvalue weighted by Gasteiger charge is -2.27. The minimum absolute atomic E-state index is 0.694. The Balaban J connectivity index is 1.57. The van der Waals surface area contributed by atoms with Crippen LogP contribution in [0.4, 0.5) is 0 Å². The van der Waals surface area contributed by atoms with Crippen molar-refractivity contribution in [1.82, 2.24) is 15.2 Å². The summed E-state index contributed by atoms with van der Waals surface area (Å²) in [4.78, 5) is 7.49. The molecule has 1 atom stereocenters. The fraction of sp³-hybridized carbons (Fsp3) is 0.562. The van der Waals surface area contributed by atoms with E-state index in [-0.39, 0.29) is 0 Å². The van der Waals surface area contributed by atoms with E-state index in [0.717, 1.165) is 36.9 Å². The molecule has 4 rings (SSSR count). The number of nitrogens with one attached hydrogen (secondary N) is 1. The summed E-state index contributed by atoms with van der Waals surface area (Å²) in [7, 11) is 1.71. The largest absolute Gasteiger partial charge is 0.497 e. The van der Waals surface area contributed by atoms with E-state index >= 15 is 0 Å². The van der Waals surface area contributed by atoms with Gasteiger partial charge in [-0.1, -0.05) is 0 Å². The summed E-state index contributed by atoms with van der Waals surface area (Å²) >= 11 is 1.81. The predicted molar refractivity (Wildman–Crippen MR) is 86.0 cm³/mol. The molecular formula is C16H21N3OS. The van der Waals surface area contributed by atoms with Gasteiger partial charge in [-0.2, -0.15) is 0 Å². The van der Waals surface area contributed by atoms with Crippen molar-refractivity contribution in [1.29, 1.82) is 0 Å². The van der Waals surface area contributed by atoms with Gasteiger partial charge in [-0.05, 0) is 44.0 Å². The van der Waals surface area contributed by atoms with Gasteiger partial charge < -0.3 is 10.1 Å². The lowest BCUT2D eigenvalue weighted by Crippen LogP contribution is -2.38. The van der Waals surface area contributed by atoms with Gasteiger partial charge in [-0.25, -0.2) is 4.98 Å². The first-order valence-corrected chi connectivity index (χ1v) is 8.55. The number of methoxy groups -OCH3 is 1. The minimum atomic E-state index is 0.694. The SMILES string of the molecule is COc1ccc2nc(CN(C3CC3)C3CCNC3)sc2c1. The van der Waals surface area contributed by atoms with Crippen LogP contribution in [-0.4, -0.2) is 42.2 Å². The lowest BCUT2D eigenvalue weighted by molar-refractivity contribution is 0.188. The summed E-state index contributed by atoms with van der Waals surface area (Å²) in [5.41, 5.74) is 1.09. The summed E-state index contributed by atoms with van der Waals surface area (Å²) < 4.78 is 6.53. The third kappa shape index (κ3) is 2.78. The highest BCUT2D eigenvalue weighted by molar-refractivity contribution is 7.18. The van der Waals surface area contributed by atoms with Gasteiger partial charge in [0.2, 0.25) is 0 Å². The molecule has 0 bridgehead atoms. The third-order valence-electron chi connectivity index (χ3n) is 4.48. The van der Waals surface area contributed by atoms with Gasteiger partial charge >= 0.3 is 0 Å². The van der Waals surface area contributed by atoms with Gasteiger partial charge in [0.25, 0.3) is 0 Å². The van der Waals surface area contributed by atoms with E-state index in [1.165, 1.54) is 29.0 Å². The average molecular weight is 303 g/mol. The number of hydrogen-bond donors (Lipinski definition) is 1. The molecule has 0 spiro atoms. The van der Waals surface area contributed by atoms with E-state index in [2.05, 4.69) is 22.3 Å². The Bertz CT molecular complexity index is 631. The van der Waals surface area contributed by atoms with Gasteiger partial charge in [0.15, 0.2) is 0 Å². The molecule has 21 heavy (non-hydrogen) atoms. The quantitative estimate of drug-likeness (QED) is 0.921. The van der Waals surface area contributed by atoms with E-state index in [4.69, 9.17) is 9.72 Å². The lowest BCUT2D eigenvalue weighted by atomic mass is 10.2. The maximum Gasteiger partial charge on any atom is 0.120 e. The van der Waals surface area contributed by atoms with Crippen LogP contribution in [0.15, 0.2) is 18.2 Å². The van der Waals surface area contributed by atoms with Gasteiger partial charge in [-0.3, -0.25) is 4.90 Å². The van der Waals surface area contributed by atoms with Crippen molar-refractivity contribution in [3.8, 4) is 5.75 Å². The summed E-state index contributed by atoms with van der Waals surface area (Å²) in [6.07, 6.45) is 3.99. The fourth-order valence-corrected chi connectivity index (χ4v) is 4.19. The van der Waals surface area contributed by atoms with Crippen molar-refractivity contribution in [3.05, 3.63) is 23.2 Å². The Morgan fingerprint density at radius 2 is 2.24 bits per heavy atom. The fourth-order valence-electron chi connectivity index (χ4n) is 3.19. The molecule has 0 amide bonds. The Kier molecular flexibility index (Phi) is 3.57. The van der Waals surface area contributed by atoms with Crippen LogP contribution in [0.1, 0.15) is 24.3 Å². The summed E-state index contributed by atoms with van der Waals surface area (Å²) in [6, 6.07) is 7.63. The molecule has 1 aromatic heterocycles. The minimum Gasteiger partial charge on any atom is -0.497 e. The molecule has 1 aliphatic heterocycles. The Morgan fingerprint density at radius 1 is 1.33 bits per heavy atom. The van der Waals surface area contributed by atoms with E-state index < -0.39 is 0 Å². The molecule has 2 heterocycles. The molecule has 1 aromatic carbocycles. The molecule has 112 valence electrons. The maximum atomic E-state index is 5.30. The highest BCUT2D eigenvalue weighted by Gasteiger charge is 2.35. The molecule has 1 saturated carbocycles. The van der Waals surface area contributed by atoms with Gasteiger partial charge in [0, 0.05) is 18.6 Å². The number of thiazole rings is 1. The molecule has 2 fully saturated rings. The van der Waals surface area contributed by atoms with Gasteiger partial charge in [0.1, 0.15) is 10.8 Å². The van der Waals surface area contributed by atoms with Crippen LogP contribution >= 0.6 is 11.3 Å². The second kappa shape index (κ2) is 5.55. The van der Waals surface area contributed by atoms with Crippen LogP contribution in [0.2, 0.25) is 0 Å². The first-order valence-electron chi connectivity index (χ1n) is 7.73. The van der Waals surface area contributed by atoms with Crippen molar-refractivity contribution in [2.24, 2.45) is 0 Å². The van der Waals surface area contributed by atoms with E-state index in [1.807, 2.05) is 6.07 Å². The highest BCUT2D eigenvalue weighted by atomic mass is 32.1. The van der Waals surface area contributed by atoms with Crippen LogP contribution in [0.5, 0.6) is 5.75 Å². The molecular weight excluding hydrogens is 282 g/mol. The van der Waals surface area contributed by atoms with E-state index in [0.29, 0.717) is 6.04 Å². The molecule has 0 radical (unpaired) electrons. The van der Waals surface area contributed by atoms with Gasteiger partial charge in [0.05, 0.1) is 23.9 Å². The zero-order valence-corrected chi connectivity index (χ0v) is 13.2. The van der Waals surface area contributed by atoms with Crippen molar-refractivity contribution in [3.63, 3.8) is 0 Å². The highest BCUT2D eigenvalue weighted by Crippen LogP contribution is 2.34. The number of hydrogen-bond acceptors (Lipinski definition) is 5. The molecule has 1 N–H and O–H groups in total. The number of benzene rings is 1. The monoisotopic (exact) mass is 303 g/mol. The topological polar surface area (TPSA) is 37.4 Å². The Labute approximate surface area is 129 Å². The Morgan fingerprint density at radius 3 is 2.95 bits per heavy atom. The van der Waals surface area contributed by atoms with Gasteiger partial charge in [-0.15, -0.1) is 11.3 Å². The maximum absolute atomic E-state index is 5.30. The standard InChI is InChI=1S/C16H21N3OS/c1-20-13-4-5-14-15(8-13)21-16(18-14)10-19(11-2-3-11)12-6-7-17-9-12/h4-5,8,11-12,17H,2-3,6-7,9-10H2,1H3. The summed E-state index contributed by atoms with van der Waals surface area (Å²) in [5, 5.41) is 4.72. The summed E-state index contributed by atoms with van der Waals surface area (Å²) in [5.74, 6) is 0.914. The predicted octanol–water partition coefficient (Wildman–Crippen LogP) is 2.63. The van der Waals surface area contributed by atoms with Crippen molar-refractivity contribution in [2.45, 2.75) is 37.9 Å². The van der Waals surface area contributed by atoms with Crippen molar-refractivity contribution < 1.29 is 4.74 Å². The Hall–Kier alpha value is -1.17. The summed E-state index contributed by atoms with van der Waals surface area (Å²) in [6.45, 7) is 3.29.